The second kappa shape index (κ2) is 6.39. The number of halogens is 1. The molecule has 0 aliphatic carbocycles. The molecule has 0 aliphatic rings. The van der Waals surface area contributed by atoms with Crippen LogP contribution in [0.2, 0.25) is 0 Å². The Morgan fingerprint density at radius 3 is 2.84 bits per heavy atom. The van der Waals surface area contributed by atoms with Gasteiger partial charge in [0.25, 0.3) is 0 Å². The Balaban J connectivity index is 2.08. The van der Waals surface area contributed by atoms with Gasteiger partial charge in [-0.3, -0.25) is 4.68 Å². The molecule has 1 atom stereocenters. The molecule has 0 fully saturated rings. The van der Waals surface area contributed by atoms with E-state index in [-0.39, 0.29) is 6.04 Å². The molecule has 104 valence electrons. The van der Waals surface area contributed by atoms with Gasteiger partial charge in [-0.1, -0.05) is 6.92 Å². The number of hydrogen-bond acceptors (Lipinski definition) is 3. The minimum absolute atomic E-state index is 0.187. The van der Waals surface area contributed by atoms with Gasteiger partial charge in [0.1, 0.15) is 5.76 Å². The first-order valence-electron chi connectivity index (χ1n) is 6.68. The van der Waals surface area contributed by atoms with E-state index in [1.54, 1.807) is 6.26 Å². The lowest BCUT2D eigenvalue weighted by Crippen LogP contribution is -2.20. The maximum Gasteiger partial charge on any atom is 0.120 e. The van der Waals surface area contributed by atoms with E-state index in [2.05, 4.69) is 47.1 Å². The predicted octanol–water partition coefficient (Wildman–Crippen LogP) is 3.67. The van der Waals surface area contributed by atoms with Crippen LogP contribution in [0.15, 0.2) is 27.3 Å². The summed E-state index contributed by atoms with van der Waals surface area (Å²) in [4.78, 5) is 0. The first kappa shape index (κ1) is 14.3. The second-order valence-corrected chi connectivity index (χ2v) is 5.29. The van der Waals surface area contributed by atoms with Gasteiger partial charge in [-0.15, -0.1) is 0 Å². The summed E-state index contributed by atoms with van der Waals surface area (Å²) in [5.41, 5.74) is 2.31. The molecule has 0 aliphatic heterocycles. The van der Waals surface area contributed by atoms with Crippen LogP contribution in [0.4, 0.5) is 0 Å². The zero-order valence-corrected chi connectivity index (χ0v) is 13.2. The maximum atomic E-state index is 5.40. The van der Waals surface area contributed by atoms with Gasteiger partial charge < -0.3 is 9.73 Å². The summed E-state index contributed by atoms with van der Waals surface area (Å²) in [6, 6.07) is 4.09. The molecule has 0 radical (unpaired) electrons. The molecule has 2 heterocycles. The average Bonchev–Trinajstić information content (AvgIpc) is 3.04. The van der Waals surface area contributed by atoms with Crippen LogP contribution in [0.5, 0.6) is 0 Å². The molecule has 0 saturated heterocycles. The summed E-state index contributed by atoms with van der Waals surface area (Å²) < 4.78 is 8.57. The Morgan fingerprint density at radius 1 is 1.47 bits per heavy atom. The van der Waals surface area contributed by atoms with E-state index in [0.717, 1.165) is 35.4 Å². The first-order valence-corrected chi connectivity index (χ1v) is 7.47. The van der Waals surface area contributed by atoms with E-state index in [0.29, 0.717) is 0 Å². The predicted molar refractivity (Wildman–Crippen MR) is 78.9 cm³/mol. The van der Waals surface area contributed by atoms with Crippen LogP contribution in [-0.4, -0.2) is 9.78 Å². The Bertz CT molecular complexity index is 519. The highest BCUT2D eigenvalue weighted by atomic mass is 79.9. The Morgan fingerprint density at radius 2 is 2.26 bits per heavy atom. The van der Waals surface area contributed by atoms with Crippen molar-refractivity contribution in [1.82, 2.24) is 15.1 Å². The van der Waals surface area contributed by atoms with Gasteiger partial charge in [-0.2, -0.15) is 5.10 Å². The molecule has 4 nitrogen and oxygen atoms in total. The number of nitrogens with one attached hydrogen (secondary N) is 1. The molecular formula is C14H20BrN3O. The summed E-state index contributed by atoms with van der Waals surface area (Å²) in [6.45, 7) is 7.97. The van der Waals surface area contributed by atoms with Crippen molar-refractivity contribution in [3.05, 3.63) is 40.0 Å². The zero-order chi connectivity index (χ0) is 13.8. The number of aromatic nitrogens is 2. The van der Waals surface area contributed by atoms with Gasteiger partial charge in [0, 0.05) is 13.1 Å². The van der Waals surface area contributed by atoms with Crippen LogP contribution in [0.1, 0.15) is 44.0 Å². The quantitative estimate of drug-likeness (QED) is 0.881. The lowest BCUT2D eigenvalue weighted by Gasteiger charge is -2.12. The Labute approximate surface area is 122 Å². The van der Waals surface area contributed by atoms with E-state index < -0.39 is 0 Å². The van der Waals surface area contributed by atoms with Crippen LogP contribution in [0.3, 0.4) is 0 Å². The SMILES string of the molecule is CCc1nn(CC)c(CN[C@H](C)c2ccco2)c1Br. The lowest BCUT2D eigenvalue weighted by atomic mass is 10.2. The number of nitrogens with zero attached hydrogens (tertiary/aromatic N) is 2. The van der Waals surface area contributed by atoms with Crippen molar-refractivity contribution in [1.29, 1.82) is 0 Å². The molecule has 2 aromatic rings. The molecule has 0 spiro atoms. The third kappa shape index (κ3) is 3.09. The average molecular weight is 326 g/mol. The van der Waals surface area contributed by atoms with Crippen molar-refractivity contribution in [3.63, 3.8) is 0 Å². The highest BCUT2D eigenvalue weighted by molar-refractivity contribution is 9.10. The third-order valence-corrected chi connectivity index (χ3v) is 4.16. The summed E-state index contributed by atoms with van der Waals surface area (Å²) in [5.74, 6) is 0.953. The summed E-state index contributed by atoms with van der Waals surface area (Å²) >= 11 is 3.66. The van der Waals surface area contributed by atoms with Crippen molar-refractivity contribution in [3.8, 4) is 0 Å². The topological polar surface area (TPSA) is 43.0 Å². The van der Waals surface area contributed by atoms with Gasteiger partial charge in [0.15, 0.2) is 0 Å². The van der Waals surface area contributed by atoms with Gasteiger partial charge >= 0.3 is 0 Å². The molecule has 5 heteroatoms. The van der Waals surface area contributed by atoms with Crippen LogP contribution in [0.25, 0.3) is 0 Å². The molecule has 19 heavy (non-hydrogen) atoms. The zero-order valence-electron chi connectivity index (χ0n) is 11.6. The molecule has 1 N–H and O–H groups in total. The molecule has 0 aromatic carbocycles. The number of furan rings is 1. The standard InChI is InChI=1S/C14H20BrN3O/c1-4-11-14(15)12(18(5-2)17-11)9-16-10(3)13-7-6-8-19-13/h6-8,10,16H,4-5,9H2,1-3H3/t10-/m1/s1. The van der Waals surface area contributed by atoms with Gasteiger partial charge in [-0.25, -0.2) is 0 Å². The largest absolute Gasteiger partial charge is 0.468 e. The molecule has 0 saturated carbocycles. The highest BCUT2D eigenvalue weighted by Gasteiger charge is 2.15. The van der Waals surface area contributed by atoms with E-state index >= 15 is 0 Å². The molecule has 0 amide bonds. The molecule has 0 unspecified atom stereocenters. The summed E-state index contributed by atoms with van der Waals surface area (Å²) in [6.07, 6.45) is 2.64. The van der Waals surface area contributed by atoms with Crippen LogP contribution < -0.4 is 5.32 Å². The fraction of sp³-hybridized carbons (Fsp3) is 0.500. The van der Waals surface area contributed by atoms with Crippen LogP contribution >= 0.6 is 15.9 Å². The van der Waals surface area contributed by atoms with Gasteiger partial charge in [0.2, 0.25) is 0 Å². The van der Waals surface area contributed by atoms with Crippen molar-refractivity contribution in [2.75, 3.05) is 0 Å². The van der Waals surface area contributed by atoms with Crippen molar-refractivity contribution < 1.29 is 4.42 Å². The summed E-state index contributed by atoms with van der Waals surface area (Å²) in [5, 5.41) is 8.06. The van der Waals surface area contributed by atoms with Crippen molar-refractivity contribution in [2.24, 2.45) is 0 Å². The molecule has 2 aromatic heterocycles. The normalized spacial score (nSPS) is 12.8. The molecule has 2 rings (SSSR count). The maximum absolute atomic E-state index is 5.40. The van der Waals surface area contributed by atoms with Crippen LogP contribution in [0, 0.1) is 0 Å². The molecular weight excluding hydrogens is 306 g/mol. The van der Waals surface area contributed by atoms with Gasteiger partial charge in [-0.05, 0) is 48.3 Å². The highest BCUT2D eigenvalue weighted by Crippen LogP contribution is 2.23. The third-order valence-electron chi connectivity index (χ3n) is 3.24. The van der Waals surface area contributed by atoms with E-state index in [4.69, 9.17) is 4.42 Å². The minimum Gasteiger partial charge on any atom is -0.468 e. The van der Waals surface area contributed by atoms with Crippen molar-refractivity contribution in [2.45, 2.75) is 46.3 Å². The van der Waals surface area contributed by atoms with E-state index in [1.165, 1.54) is 5.69 Å². The van der Waals surface area contributed by atoms with Crippen molar-refractivity contribution >= 4 is 15.9 Å². The minimum atomic E-state index is 0.187. The number of hydrogen-bond donors (Lipinski definition) is 1. The monoisotopic (exact) mass is 325 g/mol. The summed E-state index contributed by atoms with van der Waals surface area (Å²) in [7, 11) is 0. The van der Waals surface area contributed by atoms with E-state index in [9.17, 15) is 0 Å². The first-order chi connectivity index (χ1) is 9.17. The smallest absolute Gasteiger partial charge is 0.120 e. The fourth-order valence-electron chi connectivity index (χ4n) is 2.07. The number of aryl methyl sites for hydroxylation is 2. The lowest BCUT2D eigenvalue weighted by molar-refractivity contribution is 0.423. The fourth-order valence-corrected chi connectivity index (χ4v) is 2.78. The number of rotatable bonds is 6. The molecule has 0 bridgehead atoms. The van der Waals surface area contributed by atoms with Crippen LogP contribution in [-0.2, 0) is 19.5 Å². The van der Waals surface area contributed by atoms with E-state index in [1.807, 2.05) is 16.8 Å². The van der Waals surface area contributed by atoms with Gasteiger partial charge in [0.05, 0.1) is 28.2 Å². The Hall–Kier alpha value is -1.07. The Kier molecular flexibility index (Phi) is 4.82. The second-order valence-electron chi connectivity index (χ2n) is 4.49.